The Labute approximate surface area is 110 Å². The predicted molar refractivity (Wildman–Crippen MR) is 73.4 cm³/mol. The number of hydrogen-bond acceptors (Lipinski definition) is 3. The number of hydrogen-bond donors (Lipinski definition) is 1. The van der Waals surface area contributed by atoms with Gasteiger partial charge in [0.1, 0.15) is 5.75 Å². The van der Waals surface area contributed by atoms with E-state index >= 15 is 0 Å². The highest BCUT2D eigenvalue weighted by molar-refractivity contribution is 5.21. The van der Waals surface area contributed by atoms with E-state index < -0.39 is 0 Å². The topological polar surface area (TPSA) is 48.1 Å². The first-order chi connectivity index (χ1) is 8.54. The van der Waals surface area contributed by atoms with Crippen molar-refractivity contribution in [3.63, 3.8) is 0 Å². The molecule has 0 radical (unpaired) electrons. The van der Waals surface area contributed by atoms with E-state index in [9.17, 15) is 0 Å². The van der Waals surface area contributed by atoms with Crippen molar-refractivity contribution in [2.45, 2.75) is 52.2 Å². The Bertz CT molecular complexity index is 365. The van der Waals surface area contributed by atoms with E-state index in [1.165, 1.54) is 6.42 Å². The maximum absolute atomic E-state index is 6.03. The van der Waals surface area contributed by atoms with Crippen molar-refractivity contribution in [1.82, 2.24) is 4.98 Å². The Hall–Kier alpha value is -1.09. The van der Waals surface area contributed by atoms with Crippen LogP contribution in [0.5, 0.6) is 5.75 Å². The zero-order chi connectivity index (χ0) is 13.1. The lowest BCUT2D eigenvalue weighted by Crippen LogP contribution is -2.28. The Morgan fingerprint density at radius 3 is 2.39 bits per heavy atom. The molecule has 3 nitrogen and oxygen atoms in total. The summed E-state index contributed by atoms with van der Waals surface area (Å²) >= 11 is 0. The van der Waals surface area contributed by atoms with Crippen molar-refractivity contribution in [3.8, 4) is 5.75 Å². The van der Waals surface area contributed by atoms with Crippen LogP contribution in [0.25, 0.3) is 0 Å². The number of nitrogens with two attached hydrogens (primary N) is 1. The van der Waals surface area contributed by atoms with Gasteiger partial charge in [0, 0.05) is 6.04 Å². The van der Waals surface area contributed by atoms with Crippen LogP contribution in [0.1, 0.15) is 51.8 Å². The average Bonchev–Trinajstić information content (AvgIpc) is 2.28. The van der Waals surface area contributed by atoms with Gasteiger partial charge in [0.2, 0.25) is 0 Å². The number of aromatic nitrogens is 1. The lowest BCUT2D eigenvalue weighted by Gasteiger charge is -2.31. The van der Waals surface area contributed by atoms with E-state index in [1.54, 1.807) is 6.20 Å². The minimum Gasteiger partial charge on any atom is -0.489 e. The molecule has 3 heteroatoms. The summed E-state index contributed by atoms with van der Waals surface area (Å²) in [5.74, 6) is 2.38. The summed E-state index contributed by atoms with van der Waals surface area (Å²) in [4.78, 5) is 4.33. The summed E-state index contributed by atoms with van der Waals surface area (Å²) in [6.07, 6.45) is 5.76. The van der Waals surface area contributed by atoms with Crippen molar-refractivity contribution in [3.05, 3.63) is 24.0 Å². The maximum Gasteiger partial charge on any atom is 0.138 e. The second kappa shape index (κ2) is 5.70. The minimum absolute atomic E-state index is 0.0197. The third-order valence-corrected chi connectivity index (χ3v) is 3.66. The van der Waals surface area contributed by atoms with Gasteiger partial charge in [0.25, 0.3) is 0 Å². The van der Waals surface area contributed by atoms with Gasteiger partial charge in [-0.2, -0.15) is 0 Å². The fourth-order valence-electron chi connectivity index (χ4n) is 2.89. The minimum atomic E-state index is -0.0197. The molecule has 2 N–H and O–H groups in total. The molecule has 3 unspecified atom stereocenters. The zero-order valence-electron chi connectivity index (χ0n) is 11.6. The van der Waals surface area contributed by atoms with Crippen LogP contribution in [0.3, 0.4) is 0 Å². The fraction of sp³-hybridized carbons (Fsp3) is 0.667. The molecule has 1 heterocycles. The molecule has 3 atom stereocenters. The van der Waals surface area contributed by atoms with E-state index in [-0.39, 0.29) is 6.04 Å². The molecule has 1 aliphatic carbocycles. The first kappa shape index (κ1) is 13.3. The predicted octanol–water partition coefficient (Wildman–Crippen LogP) is 3.30. The van der Waals surface area contributed by atoms with Gasteiger partial charge in [-0.05, 0) is 50.2 Å². The van der Waals surface area contributed by atoms with Gasteiger partial charge in [-0.25, -0.2) is 0 Å². The zero-order valence-corrected chi connectivity index (χ0v) is 11.6. The van der Waals surface area contributed by atoms with Gasteiger partial charge in [0.15, 0.2) is 0 Å². The summed E-state index contributed by atoms with van der Waals surface area (Å²) in [6, 6.07) is 3.92. The van der Waals surface area contributed by atoms with Crippen LogP contribution in [0, 0.1) is 11.8 Å². The number of rotatable bonds is 3. The summed E-state index contributed by atoms with van der Waals surface area (Å²) < 4.78 is 6.03. The largest absolute Gasteiger partial charge is 0.489 e. The lowest BCUT2D eigenvalue weighted by molar-refractivity contribution is 0.101. The Kier molecular flexibility index (Phi) is 4.23. The van der Waals surface area contributed by atoms with Gasteiger partial charge in [-0.3, -0.25) is 4.98 Å². The van der Waals surface area contributed by atoms with Crippen LogP contribution in [0.15, 0.2) is 18.3 Å². The van der Waals surface area contributed by atoms with E-state index in [2.05, 4.69) is 18.8 Å². The molecule has 1 fully saturated rings. The Morgan fingerprint density at radius 1 is 1.22 bits per heavy atom. The van der Waals surface area contributed by atoms with Crippen LogP contribution < -0.4 is 10.5 Å². The Morgan fingerprint density at radius 2 is 1.89 bits per heavy atom. The van der Waals surface area contributed by atoms with Gasteiger partial charge in [0.05, 0.1) is 18.0 Å². The molecule has 0 spiro atoms. The van der Waals surface area contributed by atoms with Crippen molar-refractivity contribution < 1.29 is 4.74 Å². The van der Waals surface area contributed by atoms with Crippen molar-refractivity contribution in [2.24, 2.45) is 17.6 Å². The second-order valence-electron chi connectivity index (χ2n) is 5.86. The summed E-state index contributed by atoms with van der Waals surface area (Å²) in [5, 5.41) is 0. The highest BCUT2D eigenvalue weighted by Gasteiger charge is 2.25. The molecular formula is C15H24N2O. The van der Waals surface area contributed by atoms with Crippen molar-refractivity contribution >= 4 is 0 Å². The molecule has 0 bridgehead atoms. The van der Waals surface area contributed by atoms with Crippen LogP contribution in [-0.4, -0.2) is 11.1 Å². The molecule has 100 valence electrons. The van der Waals surface area contributed by atoms with E-state index in [1.807, 2.05) is 19.1 Å². The first-order valence-corrected chi connectivity index (χ1v) is 6.92. The Balaban J connectivity index is 1.96. The highest BCUT2D eigenvalue weighted by Crippen LogP contribution is 2.31. The average molecular weight is 248 g/mol. The normalized spacial score (nSPS) is 29.9. The van der Waals surface area contributed by atoms with E-state index in [4.69, 9.17) is 10.5 Å². The van der Waals surface area contributed by atoms with E-state index in [0.29, 0.717) is 6.10 Å². The van der Waals surface area contributed by atoms with Crippen LogP contribution in [0.2, 0.25) is 0 Å². The smallest absolute Gasteiger partial charge is 0.138 e. The molecule has 0 amide bonds. The summed E-state index contributed by atoms with van der Waals surface area (Å²) in [7, 11) is 0. The van der Waals surface area contributed by atoms with Crippen LogP contribution in [0.4, 0.5) is 0 Å². The van der Waals surface area contributed by atoms with Gasteiger partial charge < -0.3 is 10.5 Å². The second-order valence-corrected chi connectivity index (χ2v) is 5.86. The SMILES string of the molecule is CC1CC(C)CC(Oc2ccc(C(C)N)nc2)C1. The quantitative estimate of drug-likeness (QED) is 0.892. The van der Waals surface area contributed by atoms with Crippen LogP contribution >= 0.6 is 0 Å². The molecule has 1 aromatic rings. The highest BCUT2D eigenvalue weighted by atomic mass is 16.5. The molecule has 1 aromatic heterocycles. The molecule has 1 aliphatic rings. The third kappa shape index (κ3) is 3.45. The standard InChI is InChI=1S/C15H24N2O/c1-10-6-11(2)8-14(7-10)18-13-4-5-15(12(3)16)17-9-13/h4-5,9-12,14H,6-8,16H2,1-3H3. The van der Waals surface area contributed by atoms with Gasteiger partial charge >= 0.3 is 0 Å². The molecule has 0 saturated heterocycles. The van der Waals surface area contributed by atoms with Crippen LogP contribution in [-0.2, 0) is 0 Å². The molecular weight excluding hydrogens is 224 g/mol. The molecule has 2 rings (SSSR count). The van der Waals surface area contributed by atoms with Gasteiger partial charge in [-0.15, -0.1) is 0 Å². The lowest BCUT2D eigenvalue weighted by atomic mass is 9.82. The third-order valence-electron chi connectivity index (χ3n) is 3.66. The fourth-order valence-corrected chi connectivity index (χ4v) is 2.89. The molecule has 0 aromatic carbocycles. The summed E-state index contributed by atoms with van der Waals surface area (Å²) in [5.41, 5.74) is 6.69. The molecule has 0 aliphatic heterocycles. The van der Waals surface area contributed by atoms with Crippen molar-refractivity contribution in [2.75, 3.05) is 0 Å². The monoisotopic (exact) mass is 248 g/mol. The van der Waals surface area contributed by atoms with E-state index in [0.717, 1.165) is 36.1 Å². The van der Waals surface area contributed by atoms with Crippen molar-refractivity contribution in [1.29, 1.82) is 0 Å². The number of pyridine rings is 1. The molecule has 18 heavy (non-hydrogen) atoms. The molecule has 1 saturated carbocycles. The number of ether oxygens (including phenoxy) is 1. The summed E-state index contributed by atoms with van der Waals surface area (Å²) in [6.45, 7) is 6.56. The maximum atomic E-state index is 6.03. The van der Waals surface area contributed by atoms with Gasteiger partial charge in [-0.1, -0.05) is 13.8 Å². The number of nitrogens with zero attached hydrogens (tertiary/aromatic N) is 1. The first-order valence-electron chi connectivity index (χ1n) is 6.92.